The molecule has 0 bridgehead atoms. The van der Waals surface area contributed by atoms with Gasteiger partial charge in [-0.1, -0.05) is 0 Å². The van der Waals surface area contributed by atoms with Crippen molar-refractivity contribution in [2.75, 3.05) is 20.3 Å². The molecular weight excluding hydrogens is 136 g/mol. The van der Waals surface area contributed by atoms with Gasteiger partial charge in [-0.15, -0.1) is 0 Å². The lowest BCUT2D eigenvalue weighted by atomic mass is 10.7. The summed E-state index contributed by atoms with van der Waals surface area (Å²) < 4.78 is 14.9. The molecule has 1 atom stereocenters. The Morgan fingerprint density at radius 1 is 1.56 bits per heavy atom. The summed E-state index contributed by atoms with van der Waals surface area (Å²) in [5, 5.41) is 0. The Labute approximate surface area is 58.8 Å². The van der Waals surface area contributed by atoms with Crippen LogP contribution in [0.25, 0.3) is 0 Å². The summed E-state index contributed by atoms with van der Waals surface area (Å²) in [7, 11) is 2.35. The van der Waals surface area contributed by atoms with E-state index in [0.29, 0.717) is 13.2 Å². The van der Waals surface area contributed by atoms with E-state index in [9.17, 15) is 0 Å². The molecule has 0 N–H and O–H groups in total. The van der Waals surface area contributed by atoms with Crippen molar-refractivity contribution in [3.63, 3.8) is 0 Å². The Hall–Kier alpha value is 0.0969. The van der Waals surface area contributed by atoms with Crippen molar-refractivity contribution in [3.05, 3.63) is 0 Å². The molecule has 0 radical (unpaired) electrons. The summed E-state index contributed by atoms with van der Waals surface area (Å²) in [4.78, 5) is 0. The van der Waals surface area contributed by atoms with Crippen LogP contribution in [0.1, 0.15) is 6.92 Å². The van der Waals surface area contributed by atoms with Crippen LogP contribution in [0.3, 0.4) is 0 Å². The fourth-order valence-corrected chi connectivity index (χ4v) is 0.778. The summed E-state index contributed by atoms with van der Waals surface area (Å²) in [6.07, 6.45) is -0.174. The summed E-state index contributed by atoms with van der Waals surface area (Å²) in [5.41, 5.74) is 0. The molecular formula is C5H14O3Si. The van der Waals surface area contributed by atoms with E-state index in [1.54, 1.807) is 7.11 Å². The molecule has 0 aliphatic heterocycles. The van der Waals surface area contributed by atoms with Crippen LogP contribution in [0.2, 0.25) is 0 Å². The van der Waals surface area contributed by atoms with Crippen molar-refractivity contribution in [1.82, 2.24) is 0 Å². The molecule has 0 saturated carbocycles. The van der Waals surface area contributed by atoms with Crippen molar-refractivity contribution in [3.8, 4) is 0 Å². The van der Waals surface area contributed by atoms with Crippen molar-refractivity contribution >= 4 is 10.5 Å². The first-order valence-corrected chi connectivity index (χ1v) is 3.80. The largest absolute Gasteiger partial charge is 0.423 e. The number of rotatable bonds is 5. The molecule has 3 nitrogen and oxygen atoms in total. The van der Waals surface area contributed by atoms with E-state index in [4.69, 9.17) is 13.9 Å². The fourth-order valence-electron chi connectivity index (χ4n) is 0.506. The average molecular weight is 150 g/mol. The molecule has 0 amide bonds. The zero-order valence-corrected chi connectivity index (χ0v) is 8.22. The van der Waals surface area contributed by atoms with E-state index in [1.807, 2.05) is 6.92 Å². The maximum atomic E-state index is 5.11. The summed E-state index contributed by atoms with van der Waals surface area (Å²) in [5.74, 6) is 0. The number of ether oxygens (including phenoxy) is 2. The minimum Gasteiger partial charge on any atom is -0.423 e. The van der Waals surface area contributed by atoms with Gasteiger partial charge >= 0.3 is 0 Å². The quantitative estimate of drug-likeness (QED) is 0.383. The van der Waals surface area contributed by atoms with Crippen LogP contribution >= 0.6 is 0 Å². The first kappa shape index (κ1) is 9.10. The molecule has 9 heavy (non-hydrogen) atoms. The van der Waals surface area contributed by atoms with E-state index in [0.717, 1.165) is 10.5 Å². The normalized spacial score (nSPS) is 14.0. The Kier molecular flexibility index (Phi) is 6.29. The maximum absolute atomic E-state index is 5.11. The number of methoxy groups -OCH3 is 1. The molecule has 0 aliphatic carbocycles. The van der Waals surface area contributed by atoms with Gasteiger partial charge in [-0.2, -0.15) is 0 Å². The lowest BCUT2D eigenvalue weighted by Gasteiger charge is -2.13. The Morgan fingerprint density at radius 3 is 2.56 bits per heavy atom. The third-order valence-corrected chi connectivity index (χ3v) is 1.25. The molecule has 0 aromatic heterocycles. The molecule has 0 aliphatic rings. The van der Waals surface area contributed by atoms with E-state index >= 15 is 0 Å². The van der Waals surface area contributed by atoms with Crippen LogP contribution in [0.15, 0.2) is 0 Å². The summed E-state index contributed by atoms with van der Waals surface area (Å²) >= 11 is 0. The monoisotopic (exact) mass is 150 g/mol. The van der Waals surface area contributed by atoms with Gasteiger partial charge in [0.1, 0.15) is 10.5 Å². The van der Waals surface area contributed by atoms with Gasteiger partial charge in [0.2, 0.25) is 0 Å². The molecule has 0 rings (SSSR count). The zero-order chi connectivity index (χ0) is 7.11. The highest BCUT2D eigenvalue weighted by molar-refractivity contribution is 5.97. The van der Waals surface area contributed by atoms with Gasteiger partial charge in [0.25, 0.3) is 0 Å². The van der Waals surface area contributed by atoms with Gasteiger partial charge in [-0.3, -0.25) is 0 Å². The smallest absolute Gasteiger partial charge is 0.179 e. The summed E-state index contributed by atoms with van der Waals surface area (Å²) in [6.45, 7) is 3.15. The predicted octanol–water partition coefficient (Wildman–Crippen LogP) is -0.708. The van der Waals surface area contributed by atoms with Gasteiger partial charge in [0.15, 0.2) is 6.29 Å². The standard InChI is InChI=1S/C5H14O3Si/c1-3-7-5(6-2)4-8-9/h5H,3-4H2,1-2,9H3. The lowest BCUT2D eigenvalue weighted by molar-refractivity contribution is -0.137. The fraction of sp³-hybridized carbons (Fsp3) is 1.00. The van der Waals surface area contributed by atoms with Gasteiger partial charge in [0.05, 0.1) is 6.61 Å². The van der Waals surface area contributed by atoms with E-state index in [2.05, 4.69) is 0 Å². The Morgan fingerprint density at radius 2 is 2.22 bits per heavy atom. The highest BCUT2D eigenvalue weighted by Gasteiger charge is 2.02. The van der Waals surface area contributed by atoms with Gasteiger partial charge in [0, 0.05) is 13.7 Å². The highest BCUT2D eigenvalue weighted by atomic mass is 28.2. The average Bonchev–Trinajstić information content (AvgIpc) is 1.88. The van der Waals surface area contributed by atoms with Crippen LogP contribution in [-0.2, 0) is 13.9 Å². The van der Waals surface area contributed by atoms with Crippen molar-refractivity contribution in [2.24, 2.45) is 0 Å². The molecule has 0 spiro atoms. The van der Waals surface area contributed by atoms with Crippen LogP contribution in [0.5, 0.6) is 0 Å². The van der Waals surface area contributed by atoms with Gasteiger partial charge in [-0.05, 0) is 6.92 Å². The van der Waals surface area contributed by atoms with Crippen LogP contribution in [-0.4, -0.2) is 37.1 Å². The molecule has 0 heterocycles. The predicted molar refractivity (Wildman–Crippen MR) is 38.3 cm³/mol. The van der Waals surface area contributed by atoms with Gasteiger partial charge in [-0.25, -0.2) is 0 Å². The van der Waals surface area contributed by atoms with Crippen molar-refractivity contribution in [1.29, 1.82) is 0 Å². The summed E-state index contributed by atoms with van der Waals surface area (Å²) in [6, 6.07) is 0. The number of hydrogen-bond donors (Lipinski definition) is 0. The van der Waals surface area contributed by atoms with Crippen LogP contribution in [0.4, 0.5) is 0 Å². The minimum atomic E-state index is -0.174. The molecule has 0 saturated heterocycles. The number of hydrogen-bond acceptors (Lipinski definition) is 3. The first-order chi connectivity index (χ1) is 4.35. The lowest BCUT2D eigenvalue weighted by Crippen LogP contribution is -2.21. The SMILES string of the molecule is CCOC(CO[SiH3])OC. The van der Waals surface area contributed by atoms with Crippen molar-refractivity contribution < 1.29 is 13.9 Å². The Balaban J connectivity index is 3.18. The molecule has 56 valence electrons. The third kappa shape index (κ3) is 4.59. The highest BCUT2D eigenvalue weighted by Crippen LogP contribution is 1.91. The second-order valence-corrected chi connectivity index (χ2v) is 2.15. The second-order valence-electron chi connectivity index (χ2n) is 1.58. The van der Waals surface area contributed by atoms with E-state index < -0.39 is 0 Å². The van der Waals surface area contributed by atoms with Crippen LogP contribution < -0.4 is 0 Å². The molecule has 1 unspecified atom stereocenters. The first-order valence-electron chi connectivity index (χ1n) is 2.98. The van der Waals surface area contributed by atoms with Crippen molar-refractivity contribution in [2.45, 2.75) is 13.2 Å². The van der Waals surface area contributed by atoms with E-state index in [1.165, 1.54) is 0 Å². The maximum Gasteiger partial charge on any atom is 0.179 e. The minimum absolute atomic E-state index is 0.174. The molecule has 4 heteroatoms. The van der Waals surface area contributed by atoms with Crippen LogP contribution in [0, 0.1) is 0 Å². The second kappa shape index (κ2) is 6.22. The topological polar surface area (TPSA) is 27.7 Å². The molecule has 0 aromatic rings. The molecule has 0 aromatic carbocycles. The Bertz CT molecular complexity index is 54.2. The van der Waals surface area contributed by atoms with Gasteiger partial charge < -0.3 is 13.9 Å². The zero-order valence-electron chi connectivity index (χ0n) is 6.22. The third-order valence-electron chi connectivity index (χ3n) is 0.918. The van der Waals surface area contributed by atoms with E-state index in [-0.39, 0.29) is 6.29 Å². The molecule has 0 fully saturated rings.